The zero-order valence-electron chi connectivity index (χ0n) is 13.0. The van der Waals surface area contributed by atoms with Gasteiger partial charge >= 0.3 is 0 Å². The number of hydrazine groups is 1. The van der Waals surface area contributed by atoms with Crippen molar-refractivity contribution in [3.8, 4) is 0 Å². The topological polar surface area (TPSA) is 50.9 Å². The minimum absolute atomic E-state index is 0.542. The molecule has 1 saturated carbocycles. The smallest absolute Gasteiger partial charge is 0.144 e. The first-order chi connectivity index (χ1) is 10.2. The van der Waals surface area contributed by atoms with Gasteiger partial charge in [0.25, 0.3) is 0 Å². The van der Waals surface area contributed by atoms with Crippen molar-refractivity contribution in [2.75, 3.05) is 5.43 Å². The highest BCUT2D eigenvalue weighted by atomic mass is 15.2. The third-order valence-electron chi connectivity index (χ3n) is 4.72. The van der Waals surface area contributed by atoms with Crippen LogP contribution >= 0.6 is 0 Å². The van der Waals surface area contributed by atoms with Crippen molar-refractivity contribution >= 4 is 16.7 Å². The largest absolute Gasteiger partial charge is 0.308 e. The van der Waals surface area contributed by atoms with Gasteiger partial charge in [0, 0.05) is 5.39 Å². The number of hydrogen-bond donors (Lipinski definition) is 2. The monoisotopic (exact) mass is 283 g/mol. The molecule has 1 fully saturated rings. The van der Waals surface area contributed by atoms with Crippen molar-refractivity contribution in [1.82, 2.24) is 4.98 Å². The molecule has 0 aliphatic heterocycles. The molecule has 3 nitrogen and oxygen atoms in total. The van der Waals surface area contributed by atoms with Gasteiger partial charge in [0.15, 0.2) is 0 Å². The zero-order valence-corrected chi connectivity index (χ0v) is 13.0. The van der Waals surface area contributed by atoms with E-state index in [0.717, 1.165) is 11.3 Å². The van der Waals surface area contributed by atoms with Gasteiger partial charge in [-0.15, -0.1) is 0 Å². The lowest BCUT2D eigenvalue weighted by atomic mass is 9.83. The van der Waals surface area contributed by atoms with E-state index in [4.69, 9.17) is 10.8 Å². The molecule has 3 N–H and O–H groups in total. The van der Waals surface area contributed by atoms with Crippen LogP contribution in [-0.4, -0.2) is 4.98 Å². The maximum atomic E-state index is 5.71. The van der Waals surface area contributed by atoms with Crippen LogP contribution in [0.2, 0.25) is 0 Å². The summed E-state index contributed by atoms with van der Waals surface area (Å²) in [6.45, 7) is 4.46. The highest BCUT2D eigenvalue weighted by Gasteiger charge is 2.20. The summed E-state index contributed by atoms with van der Waals surface area (Å²) in [6, 6.07) is 8.86. The van der Waals surface area contributed by atoms with Gasteiger partial charge < -0.3 is 5.43 Å². The van der Waals surface area contributed by atoms with Crippen molar-refractivity contribution in [1.29, 1.82) is 0 Å². The van der Waals surface area contributed by atoms with Crippen LogP contribution in [0, 0.1) is 0 Å². The SMILES string of the molecule is CC(C)c1ccc2nc(NN)c(C3CCCCC3)cc2c1. The Kier molecular flexibility index (Phi) is 4.11. The first-order valence-corrected chi connectivity index (χ1v) is 8.10. The predicted molar refractivity (Wildman–Crippen MR) is 89.5 cm³/mol. The summed E-state index contributed by atoms with van der Waals surface area (Å²) >= 11 is 0. The van der Waals surface area contributed by atoms with Crippen LogP contribution in [0.3, 0.4) is 0 Å². The predicted octanol–water partition coefficient (Wildman–Crippen LogP) is 4.69. The first kappa shape index (κ1) is 14.3. The fourth-order valence-corrected chi connectivity index (χ4v) is 3.41. The molecule has 0 atom stereocenters. The number of hydrogen-bond acceptors (Lipinski definition) is 3. The molecule has 2 aromatic rings. The molecule has 0 amide bonds. The molecule has 3 rings (SSSR count). The van der Waals surface area contributed by atoms with Gasteiger partial charge in [-0.3, -0.25) is 0 Å². The van der Waals surface area contributed by atoms with Gasteiger partial charge in [-0.2, -0.15) is 0 Å². The summed E-state index contributed by atoms with van der Waals surface area (Å²) < 4.78 is 0. The molecule has 0 spiro atoms. The van der Waals surface area contributed by atoms with Gasteiger partial charge in [0.1, 0.15) is 5.82 Å². The molecule has 1 aromatic heterocycles. The molecule has 0 saturated heterocycles. The number of fused-ring (bicyclic) bond motifs is 1. The van der Waals surface area contributed by atoms with Crippen molar-refractivity contribution < 1.29 is 0 Å². The summed E-state index contributed by atoms with van der Waals surface area (Å²) in [4.78, 5) is 4.73. The Balaban J connectivity index is 2.08. The van der Waals surface area contributed by atoms with E-state index in [1.165, 1.54) is 48.6 Å². The number of pyridine rings is 1. The van der Waals surface area contributed by atoms with Crippen molar-refractivity contribution in [2.45, 2.75) is 57.8 Å². The molecular weight excluding hydrogens is 258 g/mol. The lowest BCUT2D eigenvalue weighted by Crippen LogP contribution is -2.14. The van der Waals surface area contributed by atoms with Crippen LogP contribution < -0.4 is 11.3 Å². The fraction of sp³-hybridized carbons (Fsp3) is 0.500. The van der Waals surface area contributed by atoms with Crippen LogP contribution in [0.1, 0.15) is 68.9 Å². The molecule has 1 aliphatic carbocycles. The minimum Gasteiger partial charge on any atom is -0.308 e. The highest BCUT2D eigenvalue weighted by Crippen LogP contribution is 2.37. The zero-order chi connectivity index (χ0) is 14.8. The Labute approximate surface area is 126 Å². The summed E-state index contributed by atoms with van der Waals surface area (Å²) in [5, 5.41) is 1.24. The lowest BCUT2D eigenvalue weighted by Gasteiger charge is -2.24. The molecular formula is C18H25N3. The summed E-state index contributed by atoms with van der Waals surface area (Å²) in [7, 11) is 0. The number of nitrogens with two attached hydrogens (primary N) is 1. The van der Waals surface area contributed by atoms with E-state index in [2.05, 4.69) is 43.5 Å². The molecule has 0 unspecified atom stereocenters. The molecule has 0 bridgehead atoms. The van der Waals surface area contributed by atoms with E-state index < -0.39 is 0 Å². The maximum absolute atomic E-state index is 5.71. The van der Waals surface area contributed by atoms with Crippen LogP contribution in [0.4, 0.5) is 5.82 Å². The Bertz CT molecular complexity index is 628. The van der Waals surface area contributed by atoms with Gasteiger partial charge in [0.05, 0.1) is 5.52 Å². The second-order valence-corrected chi connectivity index (χ2v) is 6.51. The first-order valence-electron chi connectivity index (χ1n) is 8.10. The van der Waals surface area contributed by atoms with E-state index in [1.807, 2.05) is 0 Å². The second-order valence-electron chi connectivity index (χ2n) is 6.51. The van der Waals surface area contributed by atoms with Crippen molar-refractivity contribution in [2.24, 2.45) is 5.84 Å². The maximum Gasteiger partial charge on any atom is 0.144 e. The number of nitrogens with zero attached hydrogens (tertiary/aromatic N) is 1. The standard InChI is InChI=1S/C18H25N3/c1-12(2)14-8-9-17-15(10-14)11-16(18(20-17)21-19)13-6-4-3-5-7-13/h8-13H,3-7,19H2,1-2H3,(H,20,21). The average Bonchev–Trinajstić information content (AvgIpc) is 2.53. The fourth-order valence-electron chi connectivity index (χ4n) is 3.41. The Hall–Kier alpha value is -1.61. The Morgan fingerprint density at radius 3 is 2.57 bits per heavy atom. The number of nitrogens with one attached hydrogen (secondary N) is 1. The minimum atomic E-state index is 0.542. The van der Waals surface area contributed by atoms with Crippen molar-refractivity contribution in [3.05, 3.63) is 35.4 Å². The number of anilines is 1. The van der Waals surface area contributed by atoms with Crippen molar-refractivity contribution in [3.63, 3.8) is 0 Å². The molecule has 3 heteroatoms. The number of nitrogen functional groups attached to an aromatic ring is 1. The van der Waals surface area contributed by atoms with Crippen LogP contribution in [0.15, 0.2) is 24.3 Å². The number of rotatable bonds is 3. The molecule has 0 radical (unpaired) electrons. The molecule has 21 heavy (non-hydrogen) atoms. The third kappa shape index (κ3) is 2.88. The average molecular weight is 283 g/mol. The van der Waals surface area contributed by atoms with Gasteiger partial charge in [-0.1, -0.05) is 39.2 Å². The Morgan fingerprint density at radius 2 is 1.90 bits per heavy atom. The van der Waals surface area contributed by atoms with E-state index in [-0.39, 0.29) is 0 Å². The quantitative estimate of drug-likeness (QED) is 0.634. The normalized spacial score (nSPS) is 16.6. The Morgan fingerprint density at radius 1 is 1.14 bits per heavy atom. The van der Waals surface area contributed by atoms with Gasteiger partial charge in [-0.25, -0.2) is 10.8 Å². The second kappa shape index (κ2) is 6.02. The highest BCUT2D eigenvalue weighted by molar-refractivity contribution is 5.82. The molecule has 112 valence electrons. The van der Waals surface area contributed by atoms with E-state index in [0.29, 0.717) is 11.8 Å². The van der Waals surface area contributed by atoms with E-state index in [9.17, 15) is 0 Å². The van der Waals surface area contributed by atoms with Crippen LogP contribution in [0.25, 0.3) is 10.9 Å². The lowest BCUT2D eigenvalue weighted by molar-refractivity contribution is 0.444. The molecule has 1 heterocycles. The third-order valence-corrected chi connectivity index (χ3v) is 4.72. The molecule has 1 aromatic carbocycles. The number of benzene rings is 1. The summed E-state index contributed by atoms with van der Waals surface area (Å²) in [6.07, 6.45) is 6.51. The van der Waals surface area contributed by atoms with Crippen LogP contribution in [-0.2, 0) is 0 Å². The van der Waals surface area contributed by atoms with Crippen LogP contribution in [0.5, 0.6) is 0 Å². The van der Waals surface area contributed by atoms with E-state index in [1.54, 1.807) is 0 Å². The van der Waals surface area contributed by atoms with Gasteiger partial charge in [-0.05, 0) is 54.0 Å². The summed E-state index contributed by atoms with van der Waals surface area (Å²) in [5.74, 6) is 7.71. The van der Waals surface area contributed by atoms with Gasteiger partial charge in [0.2, 0.25) is 0 Å². The number of aromatic nitrogens is 1. The summed E-state index contributed by atoms with van der Waals surface area (Å²) in [5.41, 5.74) is 6.50. The van der Waals surface area contributed by atoms with E-state index >= 15 is 0 Å². The molecule has 1 aliphatic rings.